The third-order valence-corrected chi connectivity index (χ3v) is 3.76. The first-order valence-electron chi connectivity index (χ1n) is 6.91. The van der Waals surface area contributed by atoms with Crippen molar-refractivity contribution in [2.24, 2.45) is 5.73 Å². The van der Waals surface area contributed by atoms with E-state index >= 15 is 0 Å². The highest BCUT2D eigenvalue weighted by Gasteiger charge is 2.35. The molecule has 110 valence electrons. The van der Waals surface area contributed by atoms with Gasteiger partial charge < -0.3 is 20.9 Å². The molecule has 0 saturated carbocycles. The molecule has 20 heavy (non-hydrogen) atoms. The van der Waals surface area contributed by atoms with E-state index in [9.17, 15) is 9.90 Å². The first-order valence-corrected chi connectivity index (χ1v) is 6.91. The highest BCUT2D eigenvalue weighted by molar-refractivity contribution is 5.86. The number of hydrogen-bond acceptors (Lipinski definition) is 4. The van der Waals surface area contributed by atoms with Gasteiger partial charge in [0.15, 0.2) is 0 Å². The number of nitrogens with one attached hydrogen (secondary N) is 1. The molecule has 5 heteroatoms. The lowest BCUT2D eigenvalue weighted by molar-refractivity contribution is -0.130. The maximum absolute atomic E-state index is 12.1. The Balaban J connectivity index is 1.88. The van der Waals surface area contributed by atoms with Gasteiger partial charge >= 0.3 is 0 Å². The van der Waals surface area contributed by atoms with Crippen LogP contribution in [0.1, 0.15) is 30.1 Å². The van der Waals surface area contributed by atoms with Gasteiger partial charge in [0, 0.05) is 19.8 Å². The number of hydrogen-bond donors (Lipinski definition) is 3. The molecular formula is C15H22N2O3. The second-order valence-corrected chi connectivity index (χ2v) is 5.41. The van der Waals surface area contributed by atoms with Crippen LogP contribution < -0.4 is 11.1 Å². The highest BCUT2D eigenvalue weighted by Crippen LogP contribution is 2.18. The van der Waals surface area contributed by atoms with Gasteiger partial charge in [0.1, 0.15) is 0 Å². The fourth-order valence-electron chi connectivity index (χ4n) is 2.23. The molecule has 0 aliphatic carbocycles. The normalized spacial score (nSPS) is 19.4. The van der Waals surface area contributed by atoms with Crippen LogP contribution in [0.25, 0.3) is 0 Å². The van der Waals surface area contributed by atoms with Crippen LogP contribution in [0.2, 0.25) is 0 Å². The zero-order chi connectivity index (χ0) is 14.6. The molecule has 1 saturated heterocycles. The summed E-state index contributed by atoms with van der Waals surface area (Å²) in [5.74, 6) is -0.216. The Bertz CT molecular complexity index is 453. The first kappa shape index (κ1) is 15.0. The number of amides is 1. The number of benzene rings is 1. The van der Waals surface area contributed by atoms with Crippen molar-refractivity contribution in [3.63, 3.8) is 0 Å². The van der Waals surface area contributed by atoms with Crippen LogP contribution in [0.15, 0.2) is 24.3 Å². The van der Waals surface area contributed by atoms with E-state index in [4.69, 9.17) is 10.5 Å². The molecule has 1 aromatic rings. The Hall–Kier alpha value is -1.43. The zero-order valence-electron chi connectivity index (χ0n) is 11.8. The van der Waals surface area contributed by atoms with Crippen LogP contribution in [-0.4, -0.2) is 36.3 Å². The minimum atomic E-state index is -0.870. The topological polar surface area (TPSA) is 84.6 Å². The van der Waals surface area contributed by atoms with Crippen LogP contribution in [-0.2, 0) is 9.53 Å². The standard InChI is InChI=1S/C15H22N2O3/c1-11-2-4-12(5-3-11)13(18)10-17-14(19)15(16)6-8-20-9-7-15/h2-5,13,18H,6-10,16H2,1H3,(H,17,19). The molecule has 1 aliphatic rings. The summed E-state index contributed by atoms with van der Waals surface area (Å²) in [6.07, 6.45) is 0.307. The van der Waals surface area contributed by atoms with Gasteiger partial charge in [0.2, 0.25) is 5.91 Å². The quantitative estimate of drug-likeness (QED) is 0.755. The van der Waals surface area contributed by atoms with E-state index in [0.717, 1.165) is 11.1 Å². The van der Waals surface area contributed by atoms with Gasteiger partial charge in [-0.3, -0.25) is 4.79 Å². The minimum absolute atomic E-state index is 0.168. The summed E-state index contributed by atoms with van der Waals surface area (Å²) in [5.41, 5.74) is 7.12. The predicted octanol–water partition coefficient (Wildman–Crippen LogP) is 0.653. The van der Waals surface area contributed by atoms with Gasteiger partial charge in [-0.1, -0.05) is 29.8 Å². The molecule has 1 amide bonds. The fourth-order valence-corrected chi connectivity index (χ4v) is 2.23. The van der Waals surface area contributed by atoms with E-state index in [-0.39, 0.29) is 12.5 Å². The Kier molecular flexibility index (Phi) is 4.75. The molecule has 1 fully saturated rings. The second kappa shape index (κ2) is 6.35. The number of ether oxygens (including phenoxy) is 1. The SMILES string of the molecule is Cc1ccc(C(O)CNC(=O)C2(N)CCOCC2)cc1. The van der Waals surface area contributed by atoms with Crippen LogP contribution >= 0.6 is 0 Å². The van der Waals surface area contributed by atoms with E-state index in [2.05, 4.69) is 5.32 Å². The van der Waals surface area contributed by atoms with Crippen molar-refractivity contribution in [1.29, 1.82) is 0 Å². The van der Waals surface area contributed by atoms with E-state index in [1.807, 2.05) is 31.2 Å². The van der Waals surface area contributed by atoms with Crippen molar-refractivity contribution in [3.05, 3.63) is 35.4 Å². The summed E-state index contributed by atoms with van der Waals surface area (Å²) in [7, 11) is 0. The molecule has 1 aromatic carbocycles. The predicted molar refractivity (Wildman–Crippen MR) is 76.1 cm³/mol. The molecule has 5 nitrogen and oxygen atoms in total. The monoisotopic (exact) mass is 278 g/mol. The van der Waals surface area contributed by atoms with Crippen molar-refractivity contribution in [3.8, 4) is 0 Å². The molecule has 2 rings (SSSR count). The van der Waals surface area contributed by atoms with Gasteiger partial charge in [0.05, 0.1) is 11.6 Å². The van der Waals surface area contributed by atoms with E-state index in [1.165, 1.54) is 0 Å². The van der Waals surface area contributed by atoms with Gasteiger partial charge in [-0.2, -0.15) is 0 Å². The van der Waals surface area contributed by atoms with Crippen LogP contribution in [0.3, 0.4) is 0 Å². The summed E-state index contributed by atoms with van der Waals surface area (Å²) in [6.45, 7) is 3.16. The number of carbonyl (C=O) groups is 1. The molecule has 0 aromatic heterocycles. The van der Waals surface area contributed by atoms with Crippen LogP contribution in [0.4, 0.5) is 0 Å². The lowest BCUT2D eigenvalue weighted by Crippen LogP contribution is -2.57. The van der Waals surface area contributed by atoms with Crippen LogP contribution in [0.5, 0.6) is 0 Å². The third-order valence-electron chi connectivity index (χ3n) is 3.76. The van der Waals surface area contributed by atoms with Gasteiger partial charge in [-0.15, -0.1) is 0 Å². The van der Waals surface area contributed by atoms with Crippen LogP contribution in [0, 0.1) is 6.92 Å². The molecule has 1 unspecified atom stereocenters. The Morgan fingerprint density at radius 2 is 2.00 bits per heavy atom. The molecule has 0 bridgehead atoms. The average molecular weight is 278 g/mol. The molecule has 0 radical (unpaired) electrons. The summed E-state index contributed by atoms with van der Waals surface area (Å²) >= 11 is 0. The Morgan fingerprint density at radius 3 is 2.60 bits per heavy atom. The van der Waals surface area contributed by atoms with E-state index in [0.29, 0.717) is 26.1 Å². The number of carbonyl (C=O) groups excluding carboxylic acids is 1. The Labute approximate surface area is 119 Å². The first-order chi connectivity index (χ1) is 9.51. The van der Waals surface area contributed by atoms with Crippen molar-refractivity contribution in [2.45, 2.75) is 31.4 Å². The minimum Gasteiger partial charge on any atom is -0.387 e. The summed E-state index contributed by atoms with van der Waals surface area (Å²) in [4.78, 5) is 12.1. The van der Waals surface area contributed by atoms with Crippen molar-refractivity contribution in [2.75, 3.05) is 19.8 Å². The molecule has 4 N–H and O–H groups in total. The number of aliphatic hydroxyl groups is 1. The average Bonchev–Trinajstić information content (AvgIpc) is 2.46. The molecule has 1 aliphatic heterocycles. The maximum atomic E-state index is 12.1. The number of nitrogens with two attached hydrogens (primary N) is 1. The summed E-state index contributed by atoms with van der Waals surface area (Å²) in [6, 6.07) is 7.59. The van der Waals surface area contributed by atoms with E-state index < -0.39 is 11.6 Å². The lowest BCUT2D eigenvalue weighted by atomic mass is 9.90. The highest BCUT2D eigenvalue weighted by atomic mass is 16.5. The van der Waals surface area contributed by atoms with Gasteiger partial charge in [0.25, 0.3) is 0 Å². The molecule has 1 atom stereocenters. The number of rotatable bonds is 4. The molecular weight excluding hydrogens is 256 g/mol. The summed E-state index contributed by atoms with van der Waals surface area (Å²) < 4.78 is 5.21. The van der Waals surface area contributed by atoms with Gasteiger partial charge in [-0.25, -0.2) is 0 Å². The lowest BCUT2D eigenvalue weighted by Gasteiger charge is -2.32. The number of aryl methyl sites for hydroxylation is 1. The zero-order valence-corrected chi connectivity index (χ0v) is 11.8. The molecule has 1 heterocycles. The maximum Gasteiger partial charge on any atom is 0.240 e. The fraction of sp³-hybridized carbons (Fsp3) is 0.533. The molecule has 0 spiro atoms. The van der Waals surface area contributed by atoms with E-state index in [1.54, 1.807) is 0 Å². The van der Waals surface area contributed by atoms with Crippen molar-refractivity contribution >= 4 is 5.91 Å². The number of aliphatic hydroxyl groups excluding tert-OH is 1. The summed E-state index contributed by atoms with van der Waals surface area (Å²) in [5, 5.41) is 12.8. The third kappa shape index (κ3) is 3.56. The largest absolute Gasteiger partial charge is 0.387 e. The van der Waals surface area contributed by atoms with Crippen molar-refractivity contribution in [1.82, 2.24) is 5.32 Å². The van der Waals surface area contributed by atoms with Gasteiger partial charge in [-0.05, 0) is 25.3 Å². The second-order valence-electron chi connectivity index (χ2n) is 5.41. The Morgan fingerprint density at radius 1 is 1.40 bits per heavy atom. The smallest absolute Gasteiger partial charge is 0.240 e. The van der Waals surface area contributed by atoms with Crippen molar-refractivity contribution < 1.29 is 14.6 Å².